The van der Waals surface area contributed by atoms with Crippen LogP contribution in [0, 0.1) is 0 Å². The zero-order chi connectivity index (χ0) is 13.2. The first-order chi connectivity index (χ1) is 8.47. The molecule has 0 amide bonds. The second kappa shape index (κ2) is 4.83. The van der Waals surface area contributed by atoms with Crippen LogP contribution in [0.5, 0.6) is 0 Å². The number of nitrogens with one attached hydrogen (secondary N) is 1. The maximum atomic E-state index is 11.1. The standard InChI is InChI=1S/C12H15N3O2S/c1-10(14-15-8-2-3-9-15)11-4-6-12(7-5-11)18(13,16)17/h2-10,14H,1H3,(H2,13,16,17). The summed E-state index contributed by atoms with van der Waals surface area (Å²) in [6, 6.07) is 10.4. The van der Waals surface area contributed by atoms with Crippen molar-refractivity contribution in [3.05, 3.63) is 54.4 Å². The van der Waals surface area contributed by atoms with E-state index in [1.54, 1.807) is 12.1 Å². The van der Waals surface area contributed by atoms with Gasteiger partial charge in [0.05, 0.1) is 10.9 Å². The van der Waals surface area contributed by atoms with Gasteiger partial charge in [0.25, 0.3) is 0 Å². The van der Waals surface area contributed by atoms with Gasteiger partial charge in [-0.05, 0) is 36.8 Å². The van der Waals surface area contributed by atoms with Crippen molar-refractivity contribution in [2.24, 2.45) is 5.14 Å². The Morgan fingerprint density at radius 1 is 1.17 bits per heavy atom. The van der Waals surface area contributed by atoms with E-state index < -0.39 is 10.0 Å². The SMILES string of the molecule is CC(Nn1cccc1)c1ccc(S(N)(=O)=O)cc1. The van der Waals surface area contributed by atoms with E-state index in [9.17, 15) is 8.42 Å². The highest BCUT2D eigenvalue weighted by Gasteiger charge is 2.09. The van der Waals surface area contributed by atoms with E-state index in [-0.39, 0.29) is 10.9 Å². The van der Waals surface area contributed by atoms with Crippen LogP contribution in [0.4, 0.5) is 0 Å². The van der Waals surface area contributed by atoms with Gasteiger partial charge in [-0.25, -0.2) is 13.6 Å². The molecule has 1 aromatic heterocycles. The first-order valence-electron chi connectivity index (χ1n) is 5.49. The van der Waals surface area contributed by atoms with Crippen molar-refractivity contribution < 1.29 is 8.42 Å². The van der Waals surface area contributed by atoms with Gasteiger partial charge in [0.1, 0.15) is 0 Å². The number of nitrogens with two attached hydrogens (primary N) is 1. The number of nitrogens with zero attached hydrogens (tertiary/aromatic N) is 1. The summed E-state index contributed by atoms with van der Waals surface area (Å²) < 4.78 is 24.1. The molecule has 1 heterocycles. The van der Waals surface area contributed by atoms with Crippen LogP contribution in [-0.4, -0.2) is 13.1 Å². The summed E-state index contributed by atoms with van der Waals surface area (Å²) >= 11 is 0. The van der Waals surface area contributed by atoms with Gasteiger partial charge < -0.3 is 5.43 Å². The lowest BCUT2D eigenvalue weighted by Crippen LogP contribution is -2.17. The van der Waals surface area contributed by atoms with Gasteiger partial charge in [0, 0.05) is 12.4 Å². The van der Waals surface area contributed by atoms with Gasteiger partial charge in [-0.2, -0.15) is 0 Å². The van der Waals surface area contributed by atoms with Gasteiger partial charge in [0.15, 0.2) is 0 Å². The molecular weight excluding hydrogens is 250 g/mol. The van der Waals surface area contributed by atoms with Gasteiger partial charge >= 0.3 is 0 Å². The largest absolute Gasteiger partial charge is 0.319 e. The van der Waals surface area contributed by atoms with Gasteiger partial charge in [0.2, 0.25) is 10.0 Å². The van der Waals surface area contributed by atoms with Crippen molar-refractivity contribution in [1.82, 2.24) is 4.68 Å². The molecule has 2 rings (SSSR count). The molecule has 3 N–H and O–H groups in total. The Bertz CT molecular complexity index is 603. The number of benzene rings is 1. The monoisotopic (exact) mass is 265 g/mol. The smallest absolute Gasteiger partial charge is 0.238 e. The summed E-state index contributed by atoms with van der Waals surface area (Å²) in [7, 11) is -3.62. The van der Waals surface area contributed by atoms with Crippen LogP contribution >= 0.6 is 0 Å². The van der Waals surface area contributed by atoms with Crippen LogP contribution in [0.25, 0.3) is 0 Å². The molecule has 2 aromatic rings. The van der Waals surface area contributed by atoms with Crippen molar-refractivity contribution in [2.75, 3.05) is 5.43 Å². The van der Waals surface area contributed by atoms with E-state index in [1.807, 2.05) is 36.1 Å². The molecule has 6 heteroatoms. The Balaban J connectivity index is 2.14. The minimum absolute atomic E-state index is 0.0620. The molecule has 0 aliphatic rings. The van der Waals surface area contributed by atoms with Crippen LogP contribution < -0.4 is 10.6 Å². The zero-order valence-corrected chi connectivity index (χ0v) is 10.8. The van der Waals surface area contributed by atoms with Crippen LogP contribution in [0.3, 0.4) is 0 Å². The minimum atomic E-state index is -3.62. The number of aromatic nitrogens is 1. The highest BCUT2D eigenvalue weighted by molar-refractivity contribution is 7.89. The predicted molar refractivity (Wildman–Crippen MR) is 70.0 cm³/mol. The molecule has 0 radical (unpaired) electrons. The average Bonchev–Trinajstić information content (AvgIpc) is 2.81. The number of rotatable bonds is 4. The lowest BCUT2D eigenvalue weighted by Gasteiger charge is -2.16. The fourth-order valence-electron chi connectivity index (χ4n) is 1.66. The van der Waals surface area contributed by atoms with Crippen LogP contribution in [0.15, 0.2) is 53.7 Å². The molecule has 96 valence electrons. The van der Waals surface area contributed by atoms with E-state index in [0.29, 0.717) is 0 Å². The summed E-state index contributed by atoms with van der Waals surface area (Å²) in [5, 5.41) is 5.05. The third kappa shape index (κ3) is 2.91. The topological polar surface area (TPSA) is 77.1 Å². The average molecular weight is 265 g/mol. The first kappa shape index (κ1) is 12.7. The maximum Gasteiger partial charge on any atom is 0.238 e. The molecule has 1 unspecified atom stereocenters. The van der Waals surface area contributed by atoms with Crippen molar-refractivity contribution in [1.29, 1.82) is 0 Å². The number of primary sulfonamides is 1. The summed E-state index contributed by atoms with van der Waals surface area (Å²) in [5.74, 6) is 0. The van der Waals surface area contributed by atoms with Crippen LogP contribution in [0.2, 0.25) is 0 Å². The molecule has 0 spiro atoms. The molecule has 0 bridgehead atoms. The molecule has 1 aromatic carbocycles. The maximum absolute atomic E-state index is 11.1. The van der Waals surface area contributed by atoms with Gasteiger partial charge in [-0.15, -0.1) is 0 Å². The number of hydrogen-bond donors (Lipinski definition) is 2. The van der Waals surface area contributed by atoms with E-state index >= 15 is 0 Å². The van der Waals surface area contributed by atoms with E-state index in [1.165, 1.54) is 12.1 Å². The molecular formula is C12H15N3O2S. The number of hydrogen-bond acceptors (Lipinski definition) is 3. The Hall–Kier alpha value is -1.79. The third-order valence-electron chi connectivity index (χ3n) is 2.66. The lowest BCUT2D eigenvalue weighted by atomic mass is 10.1. The van der Waals surface area contributed by atoms with Crippen LogP contribution in [0.1, 0.15) is 18.5 Å². The molecule has 0 saturated carbocycles. The molecule has 0 aliphatic heterocycles. The highest BCUT2D eigenvalue weighted by Crippen LogP contribution is 2.16. The van der Waals surface area contributed by atoms with Crippen molar-refractivity contribution in [3.63, 3.8) is 0 Å². The van der Waals surface area contributed by atoms with Crippen molar-refractivity contribution in [3.8, 4) is 0 Å². The summed E-state index contributed by atoms with van der Waals surface area (Å²) in [5.41, 5.74) is 4.21. The molecule has 5 nitrogen and oxygen atoms in total. The first-order valence-corrected chi connectivity index (χ1v) is 7.04. The molecule has 0 fully saturated rings. The third-order valence-corrected chi connectivity index (χ3v) is 3.59. The fourth-order valence-corrected chi connectivity index (χ4v) is 2.18. The van der Waals surface area contributed by atoms with Crippen LogP contribution in [-0.2, 0) is 10.0 Å². The van der Waals surface area contributed by atoms with E-state index in [0.717, 1.165) is 5.56 Å². The Morgan fingerprint density at radius 2 is 1.72 bits per heavy atom. The van der Waals surface area contributed by atoms with E-state index in [4.69, 9.17) is 5.14 Å². The quantitative estimate of drug-likeness (QED) is 0.878. The normalized spacial score (nSPS) is 13.2. The highest BCUT2D eigenvalue weighted by atomic mass is 32.2. The molecule has 0 saturated heterocycles. The Labute approximate surface area is 106 Å². The Kier molecular flexibility index (Phi) is 3.40. The second-order valence-electron chi connectivity index (χ2n) is 4.06. The second-order valence-corrected chi connectivity index (χ2v) is 5.62. The molecule has 1 atom stereocenters. The lowest BCUT2D eigenvalue weighted by molar-refractivity contribution is 0.597. The van der Waals surface area contributed by atoms with Gasteiger partial charge in [-0.1, -0.05) is 12.1 Å². The zero-order valence-electron chi connectivity index (χ0n) is 9.95. The Morgan fingerprint density at radius 3 is 2.22 bits per heavy atom. The molecule has 0 aliphatic carbocycles. The van der Waals surface area contributed by atoms with Crippen molar-refractivity contribution >= 4 is 10.0 Å². The minimum Gasteiger partial charge on any atom is -0.319 e. The summed E-state index contributed by atoms with van der Waals surface area (Å²) in [6.07, 6.45) is 3.80. The number of sulfonamides is 1. The van der Waals surface area contributed by atoms with E-state index in [2.05, 4.69) is 5.43 Å². The summed E-state index contributed by atoms with van der Waals surface area (Å²) in [6.45, 7) is 1.99. The van der Waals surface area contributed by atoms with Crippen molar-refractivity contribution in [2.45, 2.75) is 17.9 Å². The predicted octanol–water partition coefficient (Wildman–Crippen LogP) is 1.44. The van der Waals surface area contributed by atoms with Gasteiger partial charge in [-0.3, -0.25) is 4.68 Å². The fraction of sp³-hybridized carbons (Fsp3) is 0.167. The summed E-state index contributed by atoms with van der Waals surface area (Å²) in [4.78, 5) is 0.124. The molecule has 18 heavy (non-hydrogen) atoms.